The first kappa shape index (κ1) is 23.5. The van der Waals surface area contributed by atoms with Crippen LogP contribution in [-0.4, -0.2) is 58.1 Å². The van der Waals surface area contributed by atoms with Crippen molar-refractivity contribution in [1.82, 2.24) is 10.2 Å². The molecule has 0 radical (unpaired) electrons. The van der Waals surface area contributed by atoms with Crippen molar-refractivity contribution in [3.63, 3.8) is 0 Å². The fourth-order valence-corrected chi connectivity index (χ4v) is 8.20. The van der Waals surface area contributed by atoms with Crippen LogP contribution in [0.25, 0.3) is 0 Å². The number of anilines is 1. The molecule has 1 amide bonds. The highest BCUT2D eigenvalue weighted by molar-refractivity contribution is 5.96. The zero-order valence-electron chi connectivity index (χ0n) is 20.9. The molecule has 5 fully saturated rings. The number of aliphatic carboxylic acids is 1. The lowest BCUT2D eigenvalue weighted by molar-refractivity contribution is -0.140. The van der Waals surface area contributed by atoms with Gasteiger partial charge in [-0.1, -0.05) is 43.9 Å². The standard InChI is InChI=1S/C29H41N3O3/c33-27(19-30-29(12-13-29)28(34)35)32(22-8-2-1-3-9-22)26-17-23-10-5-11-24(18-26)31(23)25-15-20-6-4-7-21(14-20)16-25/h1-3,8-9,20-21,23-26,30H,4-7,10-19H2,(H,34,35)/t20-,21+,23-,24+,25+,26+. The molecular weight excluding hydrogens is 438 g/mol. The molecule has 6 atom stereocenters. The highest BCUT2D eigenvalue weighted by Crippen LogP contribution is 2.46. The summed E-state index contributed by atoms with van der Waals surface area (Å²) in [4.78, 5) is 30.2. The van der Waals surface area contributed by atoms with Crippen molar-refractivity contribution in [1.29, 1.82) is 0 Å². The fourth-order valence-electron chi connectivity index (χ4n) is 8.20. The summed E-state index contributed by atoms with van der Waals surface area (Å²) in [6, 6.07) is 12.1. The summed E-state index contributed by atoms with van der Waals surface area (Å²) in [5.74, 6) is 1.04. The molecule has 5 aliphatic rings. The van der Waals surface area contributed by atoms with Gasteiger partial charge in [0.1, 0.15) is 5.54 Å². The van der Waals surface area contributed by atoms with Gasteiger partial charge in [-0.3, -0.25) is 19.8 Å². The lowest BCUT2D eigenvalue weighted by atomic mass is 9.68. The highest BCUT2D eigenvalue weighted by Gasteiger charge is 2.51. The van der Waals surface area contributed by atoms with E-state index in [0.29, 0.717) is 24.9 Å². The Balaban J connectivity index is 1.20. The first-order chi connectivity index (χ1) is 17.0. The molecule has 3 aliphatic carbocycles. The Morgan fingerprint density at radius 3 is 2.11 bits per heavy atom. The van der Waals surface area contributed by atoms with Crippen molar-refractivity contribution in [3.05, 3.63) is 30.3 Å². The van der Waals surface area contributed by atoms with Gasteiger partial charge in [0.05, 0.1) is 6.54 Å². The maximum atomic E-state index is 13.6. The predicted octanol–water partition coefficient (Wildman–Crippen LogP) is 4.58. The number of hydrogen-bond acceptors (Lipinski definition) is 4. The number of fused-ring (bicyclic) bond motifs is 4. The average Bonchev–Trinajstić information content (AvgIpc) is 3.64. The first-order valence-corrected chi connectivity index (χ1v) is 14.2. The molecule has 1 aromatic carbocycles. The van der Waals surface area contributed by atoms with Gasteiger partial charge in [0.15, 0.2) is 0 Å². The van der Waals surface area contributed by atoms with Crippen molar-refractivity contribution >= 4 is 17.6 Å². The van der Waals surface area contributed by atoms with E-state index >= 15 is 0 Å². The van der Waals surface area contributed by atoms with Gasteiger partial charge in [-0.15, -0.1) is 0 Å². The largest absolute Gasteiger partial charge is 0.480 e. The van der Waals surface area contributed by atoms with E-state index in [9.17, 15) is 14.7 Å². The normalized spacial score (nSPS) is 35.8. The smallest absolute Gasteiger partial charge is 0.323 e. The van der Waals surface area contributed by atoms with Crippen LogP contribution in [-0.2, 0) is 9.59 Å². The van der Waals surface area contributed by atoms with E-state index in [2.05, 4.69) is 10.2 Å². The number of rotatable bonds is 7. The van der Waals surface area contributed by atoms with Crippen molar-refractivity contribution in [2.75, 3.05) is 11.4 Å². The molecule has 2 saturated heterocycles. The second-order valence-corrected chi connectivity index (χ2v) is 12.2. The van der Waals surface area contributed by atoms with E-state index in [1.807, 2.05) is 35.2 Å². The number of hydrogen-bond donors (Lipinski definition) is 2. The Labute approximate surface area is 209 Å². The number of nitrogens with zero attached hydrogens (tertiary/aromatic N) is 2. The van der Waals surface area contributed by atoms with Crippen LogP contribution < -0.4 is 10.2 Å². The predicted molar refractivity (Wildman–Crippen MR) is 136 cm³/mol. The highest BCUT2D eigenvalue weighted by atomic mass is 16.4. The molecule has 6 rings (SSSR count). The second kappa shape index (κ2) is 9.51. The van der Waals surface area contributed by atoms with E-state index in [1.54, 1.807) is 0 Å². The minimum Gasteiger partial charge on any atom is -0.480 e. The summed E-state index contributed by atoms with van der Waals surface area (Å²) in [5, 5.41) is 12.6. The first-order valence-electron chi connectivity index (χ1n) is 14.2. The molecule has 1 aromatic rings. The molecule has 3 saturated carbocycles. The Bertz CT molecular complexity index is 906. The van der Waals surface area contributed by atoms with E-state index < -0.39 is 11.5 Å². The number of carbonyl (C=O) groups is 2. The number of amides is 1. The molecule has 2 aliphatic heterocycles. The summed E-state index contributed by atoms with van der Waals surface area (Å²) in [6.07, 6.45) is 15.6. The Kier molecular flexibility index (Phi) is 6.38. The van der Waals surface area contributed by atoms with Crippen LogP contribution in [0.2, 0.25) is 0 Å². The third kappa shape index (κ3) is 4.64. The van der Waals surface area contributed by atoms with Gasteiger partial charge in [0.2, 0.25) is 5.91 Å². The molecule has 35 heavy (non-hydrogen) atoms. The summed E-state index contributed by atoms with van der Waals surface area (Å²) in [5.41, 5.74) is 0.0555. The van der Waals surface area contributed by atoms with Crippen molar-refractivity contribution in [2.45, 2.75) is 113 Å². The SMILES string of the molecule is O=C(CNC1(C(=O)O)CC1)N(c1ccccc1)[C@H]1C[C@H]2CCC[C@@H](C1)N2[C@H]1C[C@@H]2CCC[C@@H](C2)C1. The van der Waals surface area contributed by atoms with Crippen molar-refractivity contribution in [2.24, 2.45) is 11.8 Å². The Morgan fingerprint density at radius 1 is 0.886 bits per heavy atom. The van der Waals surface area contributed by atoms with Gasteiger partial charge in [0.25, 0.3) is 0 Å². The van der Waals surface area contributed by atoms with Crippen LogP contribution in [0.1, 0.15) is 83.5 Å². The molecule has 6 heteroatoms. The topological polar surface area (TPSA) is 72.9 Å². The number of nitrogens with one attached hydrogen (secondary N) is 1. The Morgan fingerprint density at radius 2 is 1.51 bits per heavy atom. The summed E-state index contributed by atoms with van der Waals surface area (Å²) in [6.45, 7) is 0.0860. The van der Waals surface area contributed by atoms with Crippen LogP contribution >= 0.6 is 0 Å². The van der Waals surface area contributed by atoms with Gasteiger partial charge in [-0.05, 0) is 81.8 Å². The average molecular weight is 480 g/mol. The summed E-state index contributed by atoms with van der Waals surface area (Å²) < 4.78 is 0. The molecule has 0 spiro atoms. The molecule has 2 heterocycles. The zero-order valence-corrected chi connectivity index (χ0v) is 20.9. The molecule has 4 bridgehead atoms. The minimum absolute atomic E-state index is 0.00690. The zero-order chi connectivity index (χ0) is 24.0. The van der Waals surface area contributed by atoms with Gasteiger partial charge in [-0.2, -0.15) is 0 Å². The van der Waals surface area contributed by atoms with Crippen LogP contribution in [0.3, 0.4) is 0 Å². The van der Waals surface area contributed by atoms with Gasteiger partial charge < -0.3 is 10.0 Å². The number of para-hydroxylation sites is 1. The molecule has 0 unspecified atom stereocenters. The quantitative estimate of drug-likeness (QED) is 0.599. The lowest BCUT2D eigenvalue weighted by Crippen LogP contribution is -2.62. The second-order valence-electron chi connectivity index (χ2n) is 12.2. The molecule has 190 valence electrons. The monoisotopic (exact) mass is 479 g/mol. The van der Waals surface area contributed by atoms with Crippen LogP contribution in [0.15, 0.2) is 30.3 Å². The van der Waals surface area contributed by atoms with Crippen molar-refractivity contribution in [3.8, 4) is 0 Å². The Hall–Kier alpha value is -1.92. The van der Waals surface area contributed by atoms with Gasteiger partial charge in [0, 0.05) is 29.9 Å². The summed E-state index contributed by atoms with van der Waals surface area (Å²) in [7, 11) is 0. The van der Waals surface area contributed by atoms with Gasteiger partial charge in [-0.25, -0.2) is 0 Å². The summed E-state index contributed by atoms with van der Waals surface area (Å²) >= 11 is 0. The van der Waals surface area contributed by atoms with E-state index in [0.717, 1.165) is 36.4 Å². The number of piperidine rings is 2. The third-order valence-corrected chi connectivity index (χ3v) is 9.94. The molecular formula is C29H41N3O3. The minimum atomic E-state index is -0.892. The van der Waals surface area contributed by atoms with Crippen LogP contribution in [0.5, 0.6) is 0 Å². The maximum Gasteiger partial charge on any atom is 0.323 e. The van der Waals surface area contributed by atoms with E-state index in [1.165, 1.54) is 57.8 Å². The lowest BCUT2D eigenvalue weighted by Gasteiger charge is -2.56. The molecule has 2 N–H and O–H groups in total. The van der Waals surface area contributed by atoms with E-state index in [4.69, 9.17) is 0 Å². The number of carbonyl (C=O) groups excluding carboxylic acids is 1. The van der Waals surface area contributed by atoms with Gasteiger partial charge >= 0.3 is 5.97 Å². The maximum absolute atomic E-state index is 13.6. The van der Waals surface area contributed by atoms with Crippen LogP contribution in [0.4, 0.5) is 5.69 Å². The fraction of sp³-hybridized carbons (Fsp3) is 0.724. The number of carboxylic acids is 1. The third-order valence-electron chi connectivity index (χ3n) is 9.94. The number of benzene rings is 1. The molecule has 0 aromatic heterocycles. The van der Waals surface area contributed by atoms with Crippen molar-refractivity contribution < 1.29 is 14.7 Å². The van der Waals surface area contributed by atoms with E-state index in [-0.39, 0.29) is 18.5 Å². The number of carboxylic acid groups (broad SMARTS) is 1. The molecule has 6 nitrogen and oxygen atoms in total. The van der Waals surface area contributed by atoms with Crippen LogP contribution in [0, 0.1) is 11.8 Å².